The number of anilines is 1. The van der Waals surface area contributed by atoms with Crippen molar-refractivity contribution in [2.75, 3.05) is 18.0 Å². The van der Waals surface area contributed by atoms with Crippen LogP contribution in [0.15, 0.2) is 54.6 Å². The normalized spacial score (nSPS) is 16.7. The lowest BCUT2D eigenvalue weighted by molar-refractivity contribution is -0.137. The number of nitrogens with zero attached hydrogens (tertiary/aromatic N) is 3. The summed E-state index contributed by atoms with van der Waals surface area (Å²) in [5.74, 6) is 0.365. The Morgan fingerprint density at radius 2 is 1.91 bits per heavy atom. The molecule has 1 unspecified atom stereocenters. The number of benzene rings is 2. The summed E-state index contributed by atoms with van der Waals surface area (Å²) in [7, 11) is 0. The minimum atomic E-state index is -4.40. The molecule has 2 heterocycles. The summed E-state index contributed by atoms with van der Waals surface area (Å²) in [6, 6.07) is 15.0. The van der Waals surface area contributed by atoms with Gasteiger partial charge in [-0.25, -0.2) is 4.98 Å². The van der Waals surface area contributed by atoms with E-state index in [1.807, 2.05) is 30.3 Å². The summed E-state index contributed by atoms with van der Waals surface area (Å²) in [6.45, 7) is 1.39. The van der Waals surface area contributed by atoms with Crippen LogP contribution in [0.2, 0.25) is 0 Å². The number of hydrogen-bond donors (Lipinski definition) is 1. The second-order valence-electron chi connectivity index (χ2n) is 7.86. The maximum atomic E-state index is 12.9. The van der Waals surface area contributed by atoms with Gasteiger partial charge < -0.3 is 10.2 Å². The van der Waals surface area contributed by atoms with Crippen LogP contribution in [0, 0.1) is 5.92 Å². The van der Waals surface area contributed by atoms with Gasteiger partial charge in [0.05, 0.1) is 11.5 Å². The SMILES string of the molecule is O=C(NCc1cccc(C(F)(F)F)c1)C1CCCN(c2nc(Cc3ccccc3)ns2)C1. The first-order chi connectivity index (χ1) is 15.4. The smallest absolute Gasteiger partial charge is 0.352 e. The van der Waals surface area contributed by atoms with Crippen molar-refractivity contribution in [2.24, 2.45) is 5.92 Å². The highest BCUT2D eigenvalue weighted by molar-refractivity contribution is 7.09. The Labute approximate surface area is 188 Å². The highest BCUT2D eigenvalue weighted by Crippen LogP contribution is 2.30. The highest BCUT2D eigenvalue weighted by Gasteiger charge is 2.31. The average Bonchev–Trinajstić information content (AvgIpc) is 3.26. The van der Waals surface area contributed by atoms with Gasteiger partial charge in [-0.15, -0.1) is 0 Å². The minimum Gasteiger partial charge on any atom is -0.352 e. The lowest BCUT2D eigenvalue weighted by Gasteiger charge is -2.31. The van der Waals surface area contributed by atoms with Crippen LogP contribution in [-0.2, 0) is 23.9 Å². The van der Waals surface area contributed by atoms with Crippen molar-refractivity contribution < 1.29 is 18.0 Å². The van der Waals surface area contributed by atoms with Crippen molar-refractivity contribution in [3.05, 3.63) is 77.1 Å². The van der Waals surface area contributed by atoms with Gasteiger partial charge in [0.15, 0.2) is 0 Å². The number of alkyl halides is 3. The van der Waals surface area contributed by atoms with Gasteiger partial charge >= 0.3 is 6.18 Å². The molecular formula is C23H23F3N4OS. The van der Waals surface area contributed by atoms with Crippen molar-refractivity contribution in [3.8, 4) is 0 Å². The number of halogens is 3. The van der Waals surface area contributed by atoms with Crippen LogP contribution < -0.4 is 10.2 Å². The van der Waals surface area contributed by atoms with Crippen molar-refractivity contribution in [1.82, 2.24) is 14.7 Å². The summed E-state index contributed by atoms with van der Waals surface area (Å²) < 4.78 is 43.1. The van der Waals surface area contributed by atoms with Crippen LogP contribution in [0.3, 0.4) is 0 Å². The fourth-order valence-corrected chi connectivity index (χ4v) is 4.50. The van der Waals surface area contributed by atoms with Gasteiger partial charge in [0.1, 0.15) is 5.82 Å². The number of nitrogens with one attached hydrogen (secondary N) is 1. The zero-order valence-electron chi connectivity index (χ0n) is 17.3. The highest BCUT2D eigenvalue weighted by atomic mass is 32.1. The molecule has 1 amide bonds. The second kappa shape index (κ2) is 9.68. The molecule has 1 atom stereocenters. The lowest BCUT2D eigenvalue weighted by atomic mass is 9.97. The molecule has 32 heavy (non-hydrogen) atoms. The predicted octanol–water partition coefficient (Wildman–Crippen LogP) is 4.68. The summed E-state index contributed by atoms with van der Waals surface area (Å²) in [5.41, 5.74) is 0.855. The average molecular weight is 461 g/mol. The molecule has 3 aromatic rings. The molecule has 168 valence electrons. The van der Waals surface area contributed by atoms with E-state index in [-0.39, 0.29) is 18.4 Å². The van der Waals surface area contributed by atoms with Gasteiger partial charge in [0.2, 0.25) is 11.0 Å². The third kappa shape index (κ3) is 5.64. The number of rotatable bonds is 6. The molecule has 1 aliphatic rings. The van der Waals surface area contributed by atoms with Crippen LogP contribution in [0.4, 0.5) is 18.3 Å². The molecule has 4 rings (SSSR count). The Bertz CT molecular complexity index is 1050. The Morgan fingerprint density at radius 1 is 1.12 bits per heavy atom. The maximum absolute atomic E-state index is 12.9. The fourth-order valence-electron chi connectivity index (χ4n) is 3.78. The van der Waals surface area contributed by atoms with E-state index >= 15 is 0 Å². The third-order valence-electron chi connectivity index (χ3n) is 5.45. The van der Waals surface area contributed by atoms with E-state index in [1.54, 1.807) is 6.07 Å². The van der Waals surface area contributed by atoms with E-state index in [4.69, 9.17) is 0 Å². The topological polar surface area (TPSA) is 58.1 Å². The summed E-state index contributed by atoms with van der Waals surface area (Å²) in [4.78, 5) is 19.4. The standard InChI is InChI=1S/C23H23F3N4OS/c24-23(25,26)19-10-4-8-17(12-19)14-27-21(31)18-9-5-11-30(15-18)22-28-20(29-32-22)13-16-6-2-1-3-7-16/h1-4,6-8,10,12,18H,5,9,11,13-15H2,(H,27,31). The molecule has 0 radical (unpaired) electrons. The number of carbonyl (C=O) groups excluding carboxylic acids is 1. The Balaban J connectivity index is 1.33. The van der Waals surface area contributed by atoms with Gasteiger partial charge in [-0.1, -0.05) is 42.5 Å². The van der Waals surface area contributed by atoms with Gasteiger partial charge in [-0.3, -0.25) is 4.79 Å². The second-order valence-corrected chi connectivity index (χ2v) is 8.59. The quantitative estimate of drug-likeness (QED) is 0.580. The van der Waals surface area contributed by atoms with Gasteiger partial charge in [-0.05, 0) is 36.1 Å². The largest absolute Gasteiger partial charge is 0.416 e. The molecule has 1 aromatic heterocycles. The molecule has 0 aliphatic carbocycles. The fraction of sp³-hybridized carbons (Fsp3) is 0.348. The lowest BCUT2D eigenvalue weighted by Crippen LogP contribution is -2.43. The predicted molar refractivity (Wildman–Crippen MR) is 117 cm³/mol. The molecule has 0 saturated carbocycles. The summed E-state index contributed by atoms with van der Waals surface area (Å²) >= 11 is 1.33. The van der Waals surface area contributed by atoms with Gasteiger partial charge in [0, 0.05) is 37.6 Å². The van der Waals surface area contributed by atoms with E-state index in [0.717, 1.165) is 48.0 Å². The number of piperidine rings is 1. The van der Waals surface area contributed by atoms with Crippen LogP contribution in [0.5, 0.6) is 0 Å². The first-order valence-corrected chi connectivity index (χ1v) is 11.2. The van der Waals surface area contributed by atoms with E-state index in [0.29, 0.717) is 18.5 Å². The van der Waals surface area contributed by atoms with Crippen LogP contribution in [0.25, 0.3) is 0 Å². The number of carbonyl (C=O) groups is 1. The van der Waals surface area contributed by atoms with Gasteiger partial charge in [0.25, 0.3) is 0 Å². The number of hydrogen-bond acceptors (Lipinski definition) is 5. The van der Waals surface area contributed by atoms with Gasteiger partial charge in [-0.2, -0.15) is 17.5 Å². The Hall–Kier alpha value is -2.94. The molecule has 0 spiro atoms. The number of amides is 1. The van der Waals surface area contributed by atoms with Crippen molar-refractivity contribution in [1.29, 1.82) is 0 Å². The van der Waals surface area contributed by atoms with Crippen LogP contribution in [0.1, 0.15) is 35.4 Å². The molecule has 1 saturated heterocycles. The molecule has 1 aliphatic heterocycles. The monoisotopic (exact) mass is 460 g/mol. The van der Waals surface area contributed by atoms with Crippen molar-refractivity contribution in [3.63, 3.8) is 0 Å². The molecule has 1 fully saturated rings. The first kappa shape index (κ1) is 22.3. The molecule has 0 bridgehead atoms. The minimum absolute atomic E-state index is 0.0687. The zero-order valence-corrected chi connectivity index (χ0v) is 18.1. The maximum Gasteiger partial charge on any atom is 0.416 e. The Morgan fingerprint density at radius 3 is 2.69 bits per heavy atom. The molecule has 5 nitrogen and oxygen atoms in total. The van der Waals surface area contributed by atoms with E-state index < -0.39 is 11.7 Å². The van der Waals surface area contributed by atoms with E-state index in [9.17, 15) is 18.0 Å². The van der Waals surface area contributed by atoms with Crippen LogP contribution >= 0.6 is 11.5 Å². The van der Waals surface area contributed by atoms with E-state index in [1.165, 1.54) is 17.6 Å². The summed E-state index contributed by atoms with van der Waals surface area (Å²) in [6.07, 6.45) is -2.16. The molecule has 2 aromatic carbocycles. The van der Waals surface area contributed by atoms with E-state index in [2.05, 4.69) is 19.6 Å². The molecule has 9 heteroatoms. The van der Waals surface area contributed by atoms with Crippen molar-refractivity contribution in [2.45, 2.75) is 32.0 Å². The number of aromatic nitrogens is 2. The molecular weight excluding hydrogens is 437 g/mol. The Kier molecular flexibility index (Phi) is 6.74. The summed E-state index contributed by atoms with van der Waals surface area (Å²) in [5, 5.41) is 3.59. The first-order valence-electron chi connectivity index (χ1n) is 10.4. The van der Waals surface area contributed by atoms with Crippen molar-refractivity contribution >= 4 is 22.6 Å². The zero-order chi connectivity index (χ0) is 22.6. The van der Waals surface area contributed by atoms with Crippen LogP contribution in [-0.4, -0.2) is 28.4 Å². The molecule has 1 N–H and O–H groups in total. The third-order valence-corrected chi connectivity index (χ3v) is 6.26.